The van der Waals surface area contributed by atoms with Crippen LogP contribution in [0.5, 0.6) is 11.5 Å². The molecule has 3 rings (SSSR count). The summed E-state index contributed by atoms with van der Waals surface area (Å²) in [6.45, 7) is 0.0204. The fraction of sp³-hybridized carbons (Fsp3) is 0.136. The van der Waals surface area contributed by atoms with Gasteiger partial charge in [0.05, 0.1) is 19.0 Å². The number of furan rings is 1. The number of halogens is 1. The Hall–Kier alpha value is -3.78. The molecular formula is C22H20ClN3O5. The highest BCUT2D eigenvalue weighted by Crippen LogP contribution is 2.15. The molecule has 1 aromatic heterocycles. The number of carbonyl (C=O) groups excluding carboxylic acids is 2. The Morgan fingerprint density at radius 2 is 1.58 bits per heavy atom. The van der Waals surface area contributed by atoms with Gasteiger partial charge in [-0.1, -0.05) is 11.6 Å². The Morgan fingerprint density at radius 1 is 0.935 bits per heavy atom. The SMILES string of the molecule is O=C(COc1ccc(/C=N/NC(=O)COc2ccc(Cl)cc2)cc1)NCc1ccco1. The van der Waals surface area contributed by atoms with Gasteiger partial charge in [-0.05, 0) is 66.2 Å². The molecule has 0 unspecified atom stereocenters. The van der Waals surface area contributed by atoms with Crippen molar-refractivity contribution in [3.05, 3.63) is 83.3 Å². The number of ether oxygens (including phenoxy) is 2. The number of rotatable bonds is 10. The van der Waals surface area contributed by atoms with Crippen molar-refractivity contribution in [3.8, 4) is 11.5 Å². The molecule has 0 spiro atoms. The van der Waals surface area contributed by atoms with Gasteiger partial charge in [-0.15, -0.1) is 0 Å². The summed E-state index contributed by atoms with van der Waals surface area (Å²) in [4.78, 5) is 23.6. The predicted octanol–water partition coefficient (Wildman–Crippen LogP) is 3.16. The molecule has 0 radical (unpaired) electrons. The first-order valence-electron chi connectivity index (χ1n) is 9.31. The topological polar surface area (TPSA) is 102 Å². The molecule has 0 fully saturated rings. The summed E-state index contributed by atoms with van der Waals surface area (Å²) >= 11 is 5.79. The number of nitrogens with zero attached hydrogens (tertiary/aromatic N) is 1. The predicted molar refractivity (Wildman–Crippen MR) is 115 cm³/mol. The van der Waals surface area contributed by atoms with Crippen molar-refractivity contribution < 1.29 is 23.5 Å². The van der Waals surface area contributed by atoms with Gasteiger partial charge in [0.25, 0.3) is 11.8 Å². The van der Waals surface area contributed by atoms with Crippen LogP contribution in [0.2, 0.25) is 5.02 Å². The third-order valence-corrected chi connectivity index (χ3v) is 4.13. The molecule has 3 aromatic rings. The standard InChI is InChI=1S/C22H20ClN3O5/c23-17-5-9-19(10-6-17)31-15-22(28)26-25-12-16-3-7-18(8-4-16)30-14-21(27)24-13-20-2-1-11-29-20/h1-12H,13-15H2,(H,24,27)(H,26,28)/b25-12+. The van der Waals surface area contributed by atoms with Gasteiger partial charge in [0.15, 0.2) is 13.2 Å². The zero-order chi connectivity index (χ0) is 21.9. The quantitative estimate of drug-likeness (QED) is 0.371. The van der Waals surface area contributed by atoms with E-state index in [0.29, 0.717) is 28.8 Å². The Labute approximate surface area is 183 Å². The molecule has 0 aliphatic heterocycles. The first-order chi connectivity index (χ1) is 15.1. The van der Waals surface area contributed by atoms with E-state index < -0.39 is 5.91 Å². The molecule has 2 N–H and O–H groups in total. The zero-order valence-corrected chi connectivity index (χ0v) is 17.2. The Balaban J connectivity index is 1.35. The van der Waals surface area contributed by atoms with Crippen LogP contribution in [0, 0.1) is 0 Å². The maximum Gasteiger partial charge on any atom is 0.277 e. The third kappa shape index (κ3) is 7.87. The van der Waals surface area contributed by atoms with E-state index in [1.807, 2.05) is 0 Å². The fourth-order valence-corrected chi connectivity index (χ4v) is 2.47. The lowest BCUT2D eigenvalue weighted by molar-refractivity contribution is -0.123. The average molecular weight is 442 g/mol. The maximum atomic E-state index is 11.8. The molecule has 160 valence electrons. The van der Waals surface area contributed by atoms with Crippen LogP contribution >= 0.6 is 11.6 Å². The summed E-state index contributed by atoms with van der Waals surface area (Å²) in [5.74, 6) is 1.08. The molecule has 0 atom stereocenters. The molecule has 0 aliphatic rings. The first-order valence-corrected chi connectivity index (χ1v) is 9.68. The van der Waals surface area contributed by atoms with Crippen molar-refractivity contribution in [1.29, 1.82) is 0 Å². The van der Waals surface area contributed by atoms with E-state index in [1.54, 1.807) is 66.9 Å². The lowest BCUT2D eigenvalue weighted by Crippen LogP contribution is -2.28. The minimum absolute atomic E-state index is 0.113. The van der Waals surface area contributed by atoms with Gasteiger partial charge in [-0.3, -0.25) is 9.59 Å². The summed E-state index contributed by atoms with van der Waals surface area (Å²) in [6, 6.07) is 17.1. The van der Waals surface area contributed by atoms with Crippen LogP contribution in [-0.2, 0) is 16.1 Å². The van der Waals surface area contributed by atoms with E-state index in [-0.39, 0.29) is 19.1 Å². The van der Waals surface area contributed by atoms with Crippen LogP contribution in [0.25, 0.3) is 0 Å². The molecule has 2 aromatic carbocycles. The number of benzene rings is 2. The summed E-state index contributed by atoms with van der Waals surface area (Å²) in [7, 11) is 0. The van der Waals surface area contributed by atoms with Gasteiger partial charge in [0, 0.05) is 5.02 Å². The largest absolute Gasteiger partial charge is 0.484 e. The first kappa shape index (κ1) is 21.9. The molecular weight excluding hydrogens is 422 g/mol. The van der Waals surface area contributed by atoms with E-state index in [1.165, 1.54) is 6.21 Å². The van der Waals surface area contributed by atoms with E-state index >= 15 is 0 Å². The highest BCUT2D eigenvalue weighted by atomic mass is 35.5. The summed E-state index contributed by atoms with van der Waals surface area (Å²) in [5.41, 5.74) is 3.12. The maximum absolute atomic E-state index is 11.8. The van der Waals surface area contributed by atoms with Crippen molar-refractivity contribution in [2.75, 3.05) is 13.2 Å². The fourth-order valence-electron chi connectivity index (χ4n) is 2.34. The molecule has 0 bridgehead atoms. The number of hydrogen-bond donors (Lipinski definition) is 2. The van der Waals surface area contributed by atoms with Crippen molar-refractivity contribution >= 4 is 29.6 Å². The lowest BCUT2D eigenvalue weighted by Gasteiger charge is -2.07. The van der Waals surface area contributed by atoms with Gasteiger partial charge in [0.2, 0.25) is 0 Å². The molecule has 31 heavy (non-hydrogen) atoms. The zero-order valence-electron chi connectivity index (χ0n) is 16.4. The summed E-state index contributed by atoms with van der Waals surface area (Å²) in [5, 5.41) is 7.16. The van der Waals surface area contributed by atoms with Crippen molar-refractivity contribution in [1.82, 2.24) is 10.7 Å². The van der Waals surface area contributed by atoms with Crippen LogP contribution in [-0.4, -0.2) is 31.2 Å². The number of carbonyl (C=O) groups is 2. The highest BCUT2D eigenvalue weighted by molar-refractivity contribution is 6.30. The van der Waals surface area contributed by atoms with Crippen molar-refractivity contribution in [2.24, 2.45) is 5.10 Å². The van der Waals surface area contributed by atoms with E-state index in [9.17, 15) is 9.59 Å². The second kappa shape index (κ2) is 11.4. The Kier molecular flexibility index (Phi) is 8.07. The molecule has 9 heteroatoms. The van der Waals surface area contributed by atoms with E-state index in [4.69, 9.17) is 25.5 Å². The van der Waals surface area contributed by atoms with Crippen LogP contribution in [0.3, 0.4) is 0 Å². The molecule has 0 saturated heterocycles. The van der Waals surface area contributed by atoms with Crippen LogP contribution < -0.4 is 20.2 Å². The molecule has 1 heterocycles. The van der Waals surface area contributed by atoms with Gasteiger partial charge in [0.1, 0.15) is 17.3 Å². The molecule has 0 aliphatic carbocycles. The molecule has 0 saturated carbocycles. The number of hydrogen-bond acceptors (Lipinski definition) is 6. The minimum Gasteiger partial charge on any atom is -0.484 e. The summed E-state index contributed by atoms with van der Waals surface area (Å²) in [6.07, 6.45) is 3.03. The lowest BCUT2D eigenvalue weighted by atomic mass is 10.2. The Morgan fingerprint density at radius 3 is 2.23 bits per heavy atom. The average Bonchev–Trinajstić information content (AvgIpc) is 3.30. The van der Waals surface area contributed by atoms with Crippen LogP contribution in [0.15, 0.2) is 76.4 Å². The third-order valence-electron chi connectivity index (χ3n) is 3.88. The van der Waals surface area contributed by atoms with Gasteiger partial charge in [-0.2, -0.15) is 5.10 Å². The smallest absolute Gasteiger partial charge is 0.277 e. The summed E-state index contributed by atoms with van der Waals surface area (Å²) < 4.78 is 15.9. The number of nitrogens with one attached hydrogen (secondary N) is 2. The van der Waals surface area contributed by atoms with Crippen molar-refractivity contribution in [2.45, 2.75) is 6.54 Å². The normalized spacial score (nSPS) is 10.6. The second-order valence-corrected chi connectivity index (χ2v) is 6.69. The van der Waals surface area contributed by atoms with Crippen molar-refractivity contribution in [3.63, 3.8) is 0 Å². The van der Waals surface area contributed by atoms with Crippen LogP contribution in [0.4, 0.5) is 0 Å². The minimum atomic E-state index is -0.397. The van der Waals surface area contributed by atoms with E-state index in [0.717, 1.165) is 5.56 Å². The molecule has 2 amide bonds. The second-order valence-electron chi connectivity index (χ2n) is 6.25. The molecule has 8 nitrogen and oxygen atoms in total. The Bertz CT molecular complexity index is 1000. The number of amides is 2. The van der Waals surface area contributed by atoms with Gasteiger partial charge < -0.3 is 19.2 Å². The van der Waals surface area contributed by atoms with E-state index in [2.05, 4.69) is 15.8 Å². The van der Waals surface area contributed by atoms with Gasteiger partial charge >= 0.3 is 0 Å². The highest BCUT2D eigenvalue weighted by Gasteiger charge is 2.04. The number of hydrazone groups is 1. The van der Waals surface area contributed by atoms with Gasteiger partial charge in [-0.25, -0.2) is 5.43 Å². The van der Waals surface area contributed by atoms with Crippen LogP contribution in [0.1, 0.15) is 11.3 Å². The monoisotopic (exact) mass is 441 g/mol.